The Balaban J connectivity index is 1.64. The van der Waals surface area contributed by atoms with Gasteiger partial charge in [0.2, 0.25) is 10.0 Å². The highest BCUT2D eigenvalue weighted by Gasteiger charge is 2.31. The number of hydrogen-bond acceptors (Lipinski definition) is 6. The smallest absolute Gasteiger partial charge is 0.326 e. The predicted octanol–water partition coefficient (Wildman–Crippen LogP) is 3.98. The van der Waals surface area contributed by atoms with Crippen LogP contribution in [0.5, 0.6) is 0 Å². The number of hydrogen-bond donors (Lipinski definition) is 0. The molecule has 0 aliphatic carbocycles. The summed E-state index contributed by atoms with van der Waals surface area (Å²) in [5.74, 6) is -0.327. The average molecular weight is 530 g/mol. The minimum absolute atomic E-state index is 0.0626. The molecular weight excluding hydrogens is 498 g/mol. The van der Waals surface area contributed by atoms with Crippen LogP contribution in [-0.2, 0) is 26.1 Å². The standard InChI is InChI=1S/C26H31N3O5S2/c1-5-34-24(30)16-29-22-11-6-17(2)13-23(22)35-26(29)27-25(31)20-7-9-21(10-8-20)36(32,33)28-14-18(3)12-19(4)15-28/h6-11,13,18-19H,5,12,14-16H2,1-4H3. The Hall–Kier alpha value is -2.82. The third kappa shape index (κ3) is 5.61. The first kappa shape index (κ1) is 26.2. The van der Waals surface area contributed by atoms with Crippen molar-refractivity contribution in [2.24, 2.45) is 16.8 Å². The molecule has 0 radical (unpaired) electrons. The molecule has 3 aromatic rings. The van der Waals surface area contributed by atoms with Gasteiger partial charge in [0.1, 0.15) is 6.54 Å². The Morgan fingerprint density at radius 2 is 1.75 bits per heavy atom. The number of carbonyl (C=O) groups is 2. The van der Waals surface area contributed by atoms with E-state index in [0.29, 0.717) is 29.7 Å². The second kappa shape index (κ2) is 10.7. The van der Waals surface area contributed by atoms with Crippen LogP contribution in [0.4, 0.5) is 0 Å². The molecule has 2 aromatic carbocycles. The Morgan fingerprint density at radius 3 is 2.39 bits per heavy atom. The van der Waals surface area contributed by atoms with E-state index in [2.05, 4.69) is 18.8 Å². The molecular formula is C26H31N3O5S2. The maximum absolute atomic E-state index is 13.2. The number of sulfonamides is 1. The first-order valence-corrected chi connectivity index (χ1v) is 14.3. The minimum Gasteiger partial charge on any atom is -0.465 e. The lowest BCUT2D eigenvalue weighted by Crippen LogP contribution is -2.42. The van der Waals surface area contributed by atoms with Crippen molar-refractivity contribution in [3.05, 3.63) is 58.4 Å². The summed E-state index contributed by atoms with van der Waals surface area (Å²) in [5.41, 5.74) is 2.11. The fraction of sp³-hybridized carbons (Fsp3) is 0.423. The van der Waals surface area contributed by atoms with E-state index >= 15 is 0 Å². The summed E-state index contributed by atoms with van der Waals surface area (Å²) in [7, 11) is -3.64. The van der Waals surface area contributed by atoms with Crippen molar-refractivity contribution in [2.45, 2.75) is 45.6 Å². The second-order valence-electron chi connectivity index (χ2n) is 9.46. The van der Waals surface area contributed by atoms with E-state index in [-0.39, 0.29) is 23.6 Å². The molecule has 2 atom stereocenters. The lowest BCUT2D eigenvalue weighted by molar-refractivity contribution is -0.143. The van der Waals surface area contributed by atoms with Gasteiger partial charge >= 0.3 is 5.97 Å². The molecule has 0 spiro atoms. The summed E-state index contributed by atoms with van der Waals surface area (Å²) < 4.78 is 35.5. The first-order valence-electron chi connectivity index (χ1n) is 12.0. The van der Waals surface area contributed by atoms with Gasteiger partial charge in [0.05, 0.1) is 21.7 Å². The van der Waals surface area contributed by atoms with Crippen molar-refractivity contribution >= 4 is 43.5 Å². The van der Waals surface area contributed by atoms with Crippen molar-refractivity contribution in [1.82, 2.24) is 8.87 Å². The number of aromatic nitrogens is 1. The molecule has 1 aromatic heterocycles. The maximum atomic E-state index is 13.2. The fourth-order valence-electron chi connectivity index (χ4n) is 4.63. The molecule has 1 fully saturated rings. The summed E-state index contributed by atoms with van der Waals surface area (Å²) in [4.78, 5) is 30.1. The van der Waals surface area contributed by atoms with Crippen LogP contribution in [-0.4, -0.2) is 48.9 Å². The minimum atomic E-state index is -3.64. The lowest BCUT2D eigenvalue weighted by Gasteiger charge is -2.34. The third-order valence-electron chi connectivity index (χ3n) is 6.20. The number of amides is 1. The number of nitrogens with zero attached hydrogens (tertiary/aromatic N) is 3. The zero-order chi connectivity index (χ0) is 26.0. The van der Waals surface area contributed by atoms with E-state index in [1.54, 1.807) is 11.5 Å². The molecule has 0 bridgehead atoms. The monoisotopic (exact) mass is 529 g/mol. The third-order valence-corrected chi connectivity index (χ3v) is 9.09. The van der Waals surface area contributed by atoms with Crippen LogP contribution in [0.1, 0.15) is 43.1 Å². The van der Waals surface area contributed by atoms with Gasteiger partial charge in [0.15, 0.2) is 4.80 Å². The van der Waals surface area contributed by atoms with Crippen LogP contribution in [0.25, 0.3) is 10.2 Å². The zero-order valence-corrected chi connectivity index (χ0v) is 22.6. The quantitative estimate of drug-likeness (QED) is 0.450. The molecule has 4 rings (SSSR count). The van der Waals surface area contributed by atoms with Crippen LogP contribution >= 0.6 is 11.3 Å². The summed E-state index contributed by atoms with van der Waals surface area (Å²) >= 11 is 1.31. The molecule has 0 saturated carbocycles. The van der Waals surface area contributed by atoms with E-state index in [1.807, 2.05) is 25.1 Å². The van der Waals surface area contributed by atoms with Crippen LogP contribution in [0, 0.1) is 18.8 Å². The molecule has 192 valence electrons. The van der Waals surface area contributed by atoms with Gasteiger partial charge in [-0.05, 0) is 74.1 Å². The van der Waals surface area contributed by atoms with Crippen LogP contribution < -0.4 is 4.80 Å². The summed E-state index contributed by atoms with van der Waals surface area (Å²) in [6.07, 6.45) is 1.01. The fourth-order valence-corrected chi connectivity index (χ4v) is 7.43. The Morgan fingerprint density at radius 1 is 1.08 bits per heavy atom. The molecule has 1 aliphatic rings. The van der Waals surface area contributed by atoms with Crippen LogP contribution in [0.3, 0.4) is 0 Å². The number of esters is 1. The summed E-state index contributed by atoms with van der Waals surface area (Å²) in [6.45, 7) is 9.02. The molecule has 1 amide bonds. The second-order valence-corrected chi connectivity index (χ2v) is 12.4. The average Bonchev–Trinajstić information content (AvgIpc) is 3.14. The SMILES string of the molecule is CCOC(=O)Cn1c(=NC(=O)c2ccc(S(=O)(=O)N3CC(C)CC(C)C3)cc2)sc2cc(C)ccc21. The van der Waals surface area contributed by atoms with Gasteiger partial charge in [0, 0.05) is 18.7 Å². The van der Waals surface area contributed by atoms with Crippen LogP contribution in [0.2, 0.25) is 0 Å². The molecule has 10 heteroatoms. The summed E-state index contributed by atoms with van der Waals surface area (Å²) in [6, 6.07) is 11.7. The van der Waals surface area contributed by atoms with Gasteiger partial charge in [-0.3, -0.25) is 9.59 Å². The molecule has 2 unspecified atom stereocenters. The summed E-state index contributed by atoms with van der Waals surface area (Å²) in [5, 5.41) is 0. The molecule has 36 heavy (non-hydrogen) atoms. The van der Waals surface area contributed by atoms with E-state index in [4.69, 9.17) is 4.74 Å². The van der Waals surface area contributed by atoms with Gasteiger partial charge in [-0.25, -0.2) is 8.42 Å². The highest BCUT2D eigenvalue weighted by Crippen LogP contribution is 2.27. The molecule has 2 heterocycles. The number of thiazole rings is 1. The van der Waals surface area contributed by atoms with E-state index in [0.717, 1.165) is 22.2 Å². The number of benzene rings is 2. The Bertz CT molecular complexity index is 1440. The van der Waals surface area contributed by atoms with Crippen molar-refractivity contribution in [1.29, 1.82) is 0 Å². The number of fused-ring (bicyclic) bond motifs is 1. The van der Waals surface area contributed by atoms with Gasteiger partial charge < -0.3 is 9.30 Å². The number of aryl methyl sites for hydroxylation is 1. The first-order chi connectivity index (χ1) is 17.1. The van der Waals surface area contributed by atoms with Gasteiger partial charge in [-0.15, -0.1) is 0 Å². The van der Waals surface area contributed by atoms with Crippen molar-refractivity contribution < 1.29 is 22.7 Å². The number of piperidine rings is 1. The van der Waals surface area contributed by atoms with E-state index in [9.17, 15) is 18.0 Å². The Labute approximate surface area is 215 Å². The van der Waals surface area contributed by atoms with E-state index in [1.165, 1.54) is 39.9 Å². The normalized spacial score (nSPS) is 19.5. The van der Waals surface area contributed by atoms with Gasteiger partial charge in [-0.1, -0.05) is 31.3 Å². The number of rotatable bonds is 6. The predicted molar refractivity (Wildman–Crippen MR) is 139 cm³/mol. The van der Waals surface area contributed by atoms with Crippen molar-refractivity contribution in [3.63, 3.8) is 0 Å². The van der Waals surface area contributed by atoms with Gasteiger partial charge in [-0.2, -0.15) is 9.30 Å². The van der Waals surface area contributed by atoms with E-state index < -0.39 is 21.9 Å². The highest BCUT2D eigenvalue weighted by molar-refractivity contribution is 7.89. The maximum Gasteiger partial charge on any atom is 0.326 e. The lowest BCUT2D eigenvalue weighted by atomic mass is 9.94. The van der Waals surface area contributed by atoms with Gasteiger partial charge in [0.25, 0.3) is 5.91 Å². The van der Waals surface area contributed by atoms with Crippen molar-refractivity contribution in [3.8, 4) is 0 Å². The highest BCUT2D eigenvalue weighted by atomic mass is 32.2. The molecule has 1 aliphatic heterocycles. The largest absolute Gasteiger partial charge is 0.465 e. The molecule has 8 nitrogen and oxygen atoms in total. The number of carbonyl (C=O) groups excluding carboxylic acids is 2. The molecule has 0 N–H and O–H groups in total. The molecule has 1 saturated heterocycles. The number of ether oxygens (including phenoxy) is 1. The Kier molecular flexibility index (Phi) is 7.77. The topological polar surface area (TPSA) is 98.0 Å². The van der Waals surface area contributed by atoms with Crippen LogP contribution in [0.15, 0.2) is 52.4 Å². The van der Waals surface area contributed by atoms with Crippen molar-refractivity contribution in [2.75, 3.05) is 19.7 Å². The zero-order valence-electron chi connectivity index (χ0n) is 20.9.